The number of rotatable bonds is 5. The first-order valence-corrected chi connectivity index (χ1v) is 7.13. The van der Waals surface area contributed by atoms with Gasteiger partial charge in [0.2, 0.25) is 0 Å². The first-order chi connectivity index (χ1) is 9.72. The van der Waals surface area contributed by atoms with Gasteiger partial charge < -0.3 is 4.98 Å². The van der Waals surface area contributed by atoms with Gasteiger partial charge >= 0.3 is 0 Å². The zero-order valence-electron chi connectivity index (χ0n) is 12.0. The van der Waals surface area contributed by atoms with E-state index in [-0.39, 0.29) is 0 Å². The van der Waals surface area contributed by atoms with E-state index in [2.05, 4.69) is 53.3 Å². The van der Waals surface area contributed by atoms with Gasteiger partial charge in [-0.3, -0.25) is 0 Å². The summed E-state index contributed by atoms with van der Waals surface area (Å²) in [6, 6.07) is 6.57. The lowest BCUT2D eigenvalue weighted by atomic mass is 10.0. The Labute approximate surface area is 118 Å². The highest BCUT2D eigenvalue weighted by molar-refractivity contribution is 5.83. The summed E-state index contributed by atoms with van der Waals surface area (Å²) in [6.45, 7) is 5.31. The molecule has 4 heteroatoms. The lowest BCUT2D eigenvalue weighted by Gasteiger charge is -2.05. The molecule has 0 aliphatic carbocycles. The SMILES string of the molecule is CC(C)CCc1c[nH]c2ccc(Cn3cncn3)cc12. The number of aromatic amines is 1. The molecular formula is C16H20N4. The highest BCUT2D eigenvalue weighted by Crippen LogP contribution is 2.22. The average molecular weight is 268 g/mol. The van der Waals surface area contributed by atoms with E-state index in [1.54, 1.807) is 12.7 Å². The van der Waals surface area contributed by atoms with Crippen molar-refractivity contribution in [1.29, 1.82) is 0 Å². The highest BCUT2D eigenvalue weighted by atomic mass is 15.3. The number of fused-ring (bicyclic) bond motifs is 1. The van der Waals surface area contributed by atoms with Crippen LogP contribution in [0, 0.1) is 5.92 Å². The summed E-state index contributed by atoms with van der Waals surface area (Å²) in [5.74, 6) is 0.735. The predicted molar refractivity (Wildman–Crippen MR) is 80.6 cm³/mol. The normalized spacial score (nSPS) is 11.6. The molecule has 0 fully saturated rings. The molecule has 104 valence electrons. The monoisotopic (exact) mass is 268 g/mol. The van der Waals surface area contributed by atoms with Crippen LogP contribution in [0.3, 0.4) is 0 Å². The van der Waals surface area contributed by atoms with E-state index in [9.17, 15) is 0 Å². The number of benzene rings is 1. The van der Waals surface area contributed by atoms with Gasteiger partial charge in [-0.25, -0.2) is 9.67 Å². The summed E-state index contributed by atoms with van der Waals surface area (Å²) in [6.07, 6.45) is 7.82. The van der Waals surface area contributed by atoms with Crippen LogP contribution in [-0.2, 0) is 13.0 Å². The summed E-state index contributed by atoms with van der Waals surface area (Å²) >= 11 is 0. The van der Waals surface area contributed by atoms with E-state index < -0.39 is 0 Å². The Bertz CT molecular complexity index is 680. The van der Waals surface area contributed by atoms with Gasteiger partial charge in [0.1, 0.15) is 12.7 Å². The molecule has 0 atom stereocenters. The molecule has 0 aliphatic rings. The number of nitrogens with zero attached hydrogens (tertiary/aromatic N) is 3. The minimum atomic E-state index is 0.735. The van der Waals surface area contributed by atoms with Crippen molar-refractivity contribution in [3.8, 4) is 0 Å². The number of hydrogen-bond donors (Lipinski definition) is 1. The highest BCUT2D eigenvalue weighted by Gasteiger charge is 2.06. The van der Waals surface area contributed by atoms with Gasteiger partial charge in [0.15, 0.2) is 0 Å². The maximum atomic E-state index is 4.16. The minimum Gasteiger partial charge on any atom is -0.361 e. The lowest BCUT2D eigenvalue weighted by molar-refractivity contribution is 0.588. The van der Waals surface area contributed by atoms with Crippen LogP contribution in [0.2, 0.25) is 0 Å². The van der Waals surface area contributed by atoms with Gasteiger partial charge in [-0.05, 0) is 42.0 Å². The Morgan fingerprint density at radius 3 is 2.95 bits per heavy atom. The molecule has 0 radical (unpaired) electrons. The third-order valence-corrected chi connectivity index (χ3v) is 3.63. The molecule has 0 amide bonds. The van der Waals surface area contributed by atoms with E-state index in [1.807, 2.05) is 4.68 Å². The van der Waals surface area contributed by atoms with Gasteiger partial charge in [0, 0.05) is 17.1 Å². The Kier molecular flexibility index (Phi) is 3.54. The van der Waals surface area contributed by atoms with Crippen LogP contribution in [0.15, 0.2) is 37.1 Å². The second kappa shape index (κ2) is 5.49. The van der Waals surface area contributed by atoms with Crippen molar-refractivity contribution in [1.82, 2.24) is 19.7 Å². The molecule has 4 nitrogen and oxygen atoms in total. The zero-order valence-corrected chi connectivity index (χ0v) is 12.0. The minimum absolute atomic E-state index is 0.735. The molecule has 0 aliphatic heterocycles. The van der Waals surface area contributed by atoms with Crippen LogP contribution in [0.25, 0.3) is 10.9 Å². The van der Waals surface area contributed by atoms with Crippen LogP contribution < -0.4 is 0 Å². The summed E-state index contributed by atoms with van der Waals surface area (Å²) in [7, 11) is 0. The predicted octanol–water partition coefficient (Wildman–Crippen LogP) is 3.40. The fraction of sp³-hybridized carbons (Fsp3) is 0.375. The first kappa shape index (κ1) is 12.9. The molecule has 20 heavy (non-hydrogen) atoms. The van der Waals surface area contributed by atoms with Crippen LogP contribution in [0.5, 0.6) is 0 Å². The topological polar surface area (TPSA) is 46.5 Å². The fourth-order valence-electron chi connectivity index (χ4n) is 2.48. The van der Waals surface area contributed by atoms with Crippen molar-refractivity contribution in [2.75, 3.05) is 0 Å². The van der Waals surface area contributed by atoms with Gasteiger partial charge in [0.05, 0.1) is 6.54 Å². The molecule has 3 aromatic rings. The van der Waals surface area contributed by atoms with E-state index in [0.29, 0.717) is 0 Å². The van der Waals surface area contributed by atoms with Crippen LogP contribution in [0.1, 0.15) is 31.4 Å². The Morgan fingerprint density at radius 1 is 1.30 bits per heavy atom. The van der Waals surface area contributed by atoms with Crippen molar-refractivity contribution in [3.63, 3.8) is 0 Å². The second-order valence-corrected chi connectivity index (χ2v) is 5.72. The van der Waals surface area contributed by atoms with Crippen LogP contribution >= 0.6 is 0 Å². The van der Waals surface area contributed by atoms with Crippen molar-refractivity contribution in [2.24, 2.45) is 5.92 Å². The summed E-state index contributed by atoms with van der Waals surface area (Å²) in [4.78, 5) is 7.35. The quantitative estimate of drug-likeness (QED) is 0.771. The number of H-pyrrole nitrogens is 1. The number of nitrogens with one attached hydrogen (secondary N) is 1. The van der Waals surface area contributed by atoms with E-state index in [1.165, 1.54) is 28.5 Å². The van der Waals surface area contributed by atoms with Gasteiger partial charge in [-0.2, -0.15) is 5.10 Å². The van der Waals surface area contributed by atoms with Crippen molar-refractivity contribution < 1.29 is 0 Å². The largest absolute Gasteiger partial charge is 0.361 e. The van der Waals surface area contributed by atoms with Gasteiger partial charge in [-0.1, -0.05) is 19.9 Å². The van der Waals surface area contributed by atoms with Gasteiger partial charge in [-0.15, -0.1) is 0 Å². The smallest absolute Gasteiger partial charge is 0.137 e. The van der Waals surface area contributed by atoms with Crippen molar-refractivity contribution in [2.45, 2.75) is 33.2 Å². The molecule has 2 heterocycles. The molecular weight excluding hydrogens is 248 g/mol. The molecule has 0 spiro atoms. The van der Waals surface area contributed by atoms with E-state index in [0.717, 1.165) is 18.9 Å². The summed E-state index contributed by atoms with van der Waals surface area (Å²) in [5, 5.41) is 5.50. The molecule has 2 aromatic heterocycles. The molecule has 3 rings (SSSR count). The lowest BCUT2D eigenvalue weighted by Crippen LogP contribution is -1.99. The number of hydrogen-bond acceptors (Lipinski definition) is 2. The Hall–Kier alpha value is -2.10. The first-order valence-electron chi connectivity index (χ1n) is 7.13. The maximum Gasteiger partial charge on any atom is 0.137 e. The van der Waals surface area contributed by atoms with Crippen LogP contribution in [-0.4, -0.2) is 19.7 Å². The molecule has 1 N–H and O–H groups in total. The number of aromatic nitrogens is 4. The Morgan fingerprint density at radius 2 is 2.20 bits per heavy atom. The number of aryl methyl sites for hydroxylation is 1. The standard InChI is InChI=1S/C16H20N4/c1-12(2)3-5-14-8-18-16-6-4-13(7-15(14)16)9-20-11-17-10-19-20/h4,6-8,10-12,18H,3,5,9H2,1-2H3. The third kappa shape index (κ3) is 2.74. The summed E-state index contributed by atoms with van der Waals surface area (Å²) < 4.78 is 1.85. The Balaban J connectivity index is 1.86. The van der Waals surface area contributed by atoms with Crippen molar-refractivity contribution in [3.05, 3.63) is 48.2 Å². The zero-order chi connectivity index (χ0) is 13.9. The van der Waals surface area contributed by atoms with E-state index >= 15 is 0 Å². The van der Waals surface area contributed by atoms with Crippen LogP contribution in [0.4, 0.5) is 0 Å². The molecule has 1 aromatic carbocycles. The molecule has 0 bridgehead atoms. The third-order valence-electron chi connectivity index (χ3n) is 3.63. The fourth-order valence-corrected chi connectivity index (χ4v) is 2.48. The second-order valence-electron chi connectivity index (χ2n) is 5.72. The molecule has 0 saturated heterocycles. The molecule has 0 saturated carbocycles. The maximum absolute atomic E-state index is 4.16. The average Bonchev–Trinajstić information content (AvgIpc) is 3.05. The summed E-state index contributed by atoms with van der Waals surface area (Å²) in [5.41, 5.74) is 3.88. The van der Waals surface area contributed by atoms with Gasteiger partial charge in [0.25, 0.3) is 0 Å². The van der Waals surface area contributed by atoms with Crippen molar-refractivity contribution >= 4 is 10.9 Å². The van der Waals surface area contributed by atoms with E-state index in [4.69, 9.17) is 0 Å². The molecule has 0 unspecified atom stereocenters.